The zero-order valence-corrected chi connectivity index (χ0v) is 16.7. The second kappa shape index (κ2) is 6.58. The molecule has 1 fully saturated rings. The number of fused-ring (bicyclic) bond motifs is 1. The first-order valence-electron chi connectivity index (χ1n) is 12.8. The van der Waals surface area contributed by atoms with Crippen LogP contribution < -0.4 is 4.57 Å². The lowest BCUT2D eigenvalue weighted by Crippen LogP contribution is -2.31. The highest BCUT2D eigenvalue weighted by atomic mass is 14.9. The molecule has 1 saturated carbocycles. The van der Waals surface area contributed by atoms with Crippen molar-refractivity contribution in [1.82, 2.24) is 0 Å². The quantitative estimate of drug-likeness (QED) is 0.476. The van der Waals surface area contributed by atoms with Crippen LogP contribution in [-0.4, -0.2) is 0 Å². The molecule has 2 aliphatic rings. The normalized spacial score (nSPS) is 22.1. The average Bonchev–Trinajstić information content (AvgIpc) is 3.31. The van der Waals surface area contributed by atoms with Crippen molar-refractivity contribution in [3.8, 4) is 22.4 Å². The summed E-state index contributed by atoms with van der Waals surface area (Å²) in [6.45, 7) is -0.223. The maximum Gasteiger partial charge on any atom is 0.213 e. The van der Waals surface area contributed by atoms with Crippen molar-refractivity contribution in [3.05, 3.63) is 77.0 Å². The highest BCUT2D eigenvalue weighted by Crippen LogP contribution is 2.49. The molecule has 0 bridgehead atoms. The van der Waals surface area contributed by atoms with Crippen molar-refractivity contribution in [2.45, 2.75) is 52.3 Å². The van der Waals surface area contributed by atoms with Crippen LogP contribution >= 0.6 is 0 Å². The van der Waals surface area contributed by atoms with E-state index in [2.05, 4.69) is 19.1 Å². The summed E-state index contributed by atoms with van der Waals surface area (Å²) in [5.74, 6) is 0. The van der Waals surface area contributed by atoms with Gasteiger partial charge in [-0.05, 0) is 78.7 Å². The molecule has 1 heteroatoms. The molecule has 3 aromatic rings. The fourth-order valence-electron chi connectivity index (χ4n) is 5.08. The van der Waals surface area contributed by atoms with Gasteiger partial charge in [-0.25, -0.2) is 4.57 Å². The average molecular weight is 374 g/mol. The molecule has 0 atom stereocenters. The smallest absolute Gasteiger partial charge is 0.201 e. The second-order valence-electron chi connectivity index (χ2n) is 8.57. The summed E-state index contributed by atoms with van der Waals surface area (Å²) in [6.07, 6.45) is 5.10. The van der Waals surface area contributed by atoms with E-state index in [-0.39, 0.29) is 11.0 Å². The molecule has 0 saturated heterocycles. The van der Waals surface area contributed by atoms with E-state index in [4.69, 9.17) is 6.85 Å². The van der Waals surface area contributed by atoms with Crippen LogP contribution in [0, 0.1) is 19.2 Å². The van der Waals surface area contributed by atoms with Gasteiger partial charge < -0.3 is 0 Å². The van der Waals surface area contributed by atoms with Crippen LogP contribution in [0.5, 0.6) is 0 Å². The van der Waals surface area contributed by atoms with E-state index >= 15 is 0 Å². The highest BCUT2D eigenvalue weighted by Gasteiger charge is 2.39. The Hall–Kier alpha value is -2.41. The van der Waals surface area contributed by atoms with Crippen molar-refractivity contribution in [2.75, 3.05) is 0 Å². The van der Waals surface area contributed by atoms with Gasteiger partial charge in [0.2, 0.25) is 5.69 Å². The van der Waals surface area contributed by atoms with Crippen LogP contribution in [0.3, 0.4) is 0 Å². The van der Waals surface area contributed by atoms with Gasteiger partial charge in [0, 0.05) is 24.0 Å². The number of nitrogens with zero attached hydrogens (tertiary/aromatic N) is 1. The number of hydrogen-bond acceptors (Lipinski definition) is 0. The Kier molecular flexibility index (Phi) is 3.04. The number of aromatic nitrogens is 1. The van der Waals surface area contributed by atoms with Gasteiger partial charge in [-0.3, -0.25) is 0 Å². The van der Waals surface area contributed by atoms with Crippen molar-refractivity contribution in [3.63, 3.8) is 0 Å². The van der Waals surface area contributed by atoms with Gasteiger partial charge >= 0.3 is 0 Å². The van der Waals surface area contributed by atoms with E-state index in [0.29, 0.717) is 5.56 Å². The molecule has 1 aromatic heterocycles. The van der Waals surface area contributed by atoms with Crippen molar-refractivity contribution in [1.29, 1.82) is 0 Å². The topological polar surface area (TPSA) is 3.88 Å². The molecule has 2 aromatic carbocycles. The van der Waals surface area contributed by atoms with Gasteiger partial charge in [0.15, 0.2) is 6.20 Å². The Labute approximate surface area is 176 Å². The predicted molar refractivity (Wildman–Crippen MR) is 116 cm³/mol. The third-order valence-corrected chi connectivity index (χ3v) is 6.61. The Morgan fingerprint density at radius 3 is 2.57 bits per heavy atom. The predicted octanol–water partition coefficient (Wildman–Crippen LogP) is 6.12. The fourth-order valence-corrected chi connectivity index (χ4v) is 5.08. The lowest BCUT2D eigenvalue weighted by Gasteiger charge is -2.21. The zero-order chi connectivity index (χ0) is 23.6. The number of benzene rings is 2. The summed E-state index contributed by atoms with van der Waals surface area (Å²) in [7, 11) is 1.88. The minimum atomic E-state index is -2.28. The number of pyridine rings is 1. The van der Waals surface area contributed by atoms with Crippen LogP contribution in [0.15, 0.2) is 54.7 Å². The van der Waals surface area contributed by atoms with Gasteiger partial charge in [-0.15, -0.1) is 0 Å². The summed E-state index contributed by atoms with van der Waals surface area (Å²) in [6, 6.07) is 16.0. The largest absolute Gasteiger partial charge is 0.213 e. The molecule has 1 nitrogen and oxygen atoms in total. The molecule has 0 unspecified atom stereocenters. The zero-order valence-electron chi connectivity index (χ0n) is 21.7. The maximum atomic E-state index is 9.04. The Morgan fingerprint density at radius 1 is 0.964 bits per heavy atom. The van der Waals surface area contributed by atoms with E-state index in [9.17, 15) is 0 Å². The third-order valence-electron chi connectivity index (χ3n) is 6.61. The molecular formula is C27H30N+. The van der Waals surface area contributed by atoms with Crippen LogP contribution in [0.4, 0.5) is 0 Å². The van der Waals surface area contributed by atoms with E-state index in [1.54, 1.807) is 6.20 Å². The van der Waals surface area contributed by atoms with Crippen LogP contribution in [0.1, 0.15) is 54.8 Å². The Balaban J connectivity index is 1.70. The van der Waals surface area contributed by atoms with Crippen LogP contribution in [0.25, 0.3) is 22.4 Å². The van der Waals surface area contributed by atoms with Crippen LogP contribution in [0.2, 0.25) is 0 Å². The SMILES string of the molecule is [2H]C([2H])([2H])c1c[n+](C)c(-c2ccccc2C)cc1-c1ccc2c(c1)C([2H])([2H])C1(CCCC1)C2. The van der Waals surface area contributed by atoms with Crippen LogP contribution in [-0.2, 0) is 19.8 Å². The molecule has 0 amide bonds. The van der Waals surface area contributed by atoms with E-state index in [1.165, 1.54) is 0 Å². The number of aryl methyl sites for hydroxylation is 3. The van der Waals surface area contributed by atoms with Gasteiger partial charge in [-0.1, -0.05) is 49.2 Å². The number of hydrogen-bond donors (Lipinski definition) is 0. The van der Waals surface area contributed by atoms with E-state index in [0.717, 1.165) is 65.6 Å². The molecule has 1 spiro atoms. The molecule has 0 radical (unpaired) electrons. The maximum absolute atomic E-state index is 9.04. The molecule has 142 valence electrons. The van der Waals surface area contributed by atoms with E-state index < -0.39 is 13.2 Å². The van der Waals surface area contributed by atoms with Gasteiger partial charge in [0.25, 0.3) is 0 Å². The summed E-state index contributed by atoms with van der Waals surface area (Å²) < 4.78 is 44.5. The fraction of sp³-hybridized carbons (Fsp3) is 0.370. The standard InChI is InChI=1S/C27H30N/c1-19-8-4-5-9-24(19)26-15-25(20(2)18-28(26)3)21-10-11-22-16-27(12-6-7-13-27)17-23(22)14-21/h4-5,8-11,14-15,18H,6-7,12-13,16-17H2,1-3H3/q+1/i2D3,17D2. The van der Waals surface area contributed by atoms with Gasteiger partial charge in [0.1, 0.15) is 7.05 Å². The molecule has 5 rings (SSSR count). The van der Waals surface area contributed by atoms with Crippen molar-refractivity contribution in [2.24, 2.45) is 12.5 Å². The first kappa shape index (κ1) is 12.9. The summed E-state index contributed by atoms with van der Waals surface area (Å²) in [5.41, 5.74) is 6.32. The second-order valence-corrected chi connectivity index (χ2v) is 8.57. The monoisotopic (exact) mass is 373 g/mol. The summed E-state index contributed by atoms with van der Waals surface area (Å²) >= 11 is 0. The summed E-state index contributed by atoms with van der Waals surface area (Å²) in [4.78, 5) is 0. The third kappa shape index (κ3) is 2.89. The van der Waals surface area contributed by atoms with Crippen molar-refractivity contribution < 1.29 is 11.4 Å². The highest BCUT2D eigenvalue weighted by molar-refractivity contribution is 5.73. The minimum absolute atomic E-state index is 0.288. The summed E-state index contributed by atoms with van der Waals surface area (Å²) in [5, 5.41) is 0. The molecular weight excluding hydrogens is 338 g/mol. The molecule has 28 heavy (non-hydrogen) atoms. The lowest BCUT2D eigenvalue weighted by molar-refractivity contribution is -0.660. The van der Waals surface area contributed by atoms with E-state index in [1.807, 2.05) is 48.0 Å². The first-order chi connectivity index (χ1) is 15.5. The van der Waals surface area contributed by atoms with Crippen molar-refractivity contribution >= 4 is 0 Å². The minimum Gasteiger partial charge on any atom is -0.201 e. The van der Waals surface area contributed by atoms with Gasteiger partial charge in [-0.2, -0.15) is 0 Å². The number of rotatable bonds is 2. The molecule has 0 aliphatic heterocycles. The van der Waals surface area contributed by atoms with Gasteiger partial charge in [0.05, 0.1) is 0 Å². The molecule has 0 N–H and O–H groups in total. The first-order valence-corrected chi connectivity index (χ1v) is 10.3. The molecule has 1 heterocycles. The Morgan fingerprint density at radius 2 is 1.79 bits per heavy atom. The Bertz CT molecular complexity index is 1240. The molecule has 2 aliphatic carbocycles. The lowest BCUT2D eigenvalue weighted by atomic mass is 9.83.